The summed E-state index contributed by atoms with van der Waals surface area (Å²) in [5, 5.41) is 20.4. The molecule has 14 atom stereocenters. The third-order valence-corrected chi connectivity index (χ3v) is 14.4. The molecule has 54 heavy (non-hydrogen) atoms. The number of methoxy groups -OCH3 is 1. The van der Waals surface area contributed by atoms with E-state index in [2.05, 4.69) is 20.8 Å². The van der Waals surface area contributed by atoms with Gasteiger partial charge in [0.1, 0.15) is 60.2 Å². The first-order valence-electron chi connectivity index (χ1n) is 19.5. The summed E-state index contributed by atoms with van der Waals surface area (Å²) in [6.45, 7) is 9.13. The minimum atomic E-state index is -1.14. The minimum Gasteiger partial charge on any atom is -0.489 e. The Labute approximate surface area is 313 Å². The van der Waals surface area contributed by atoms with Crippen LogP contribution in [0.3, 0.4) is 0 Å². The highest BCUT2D eigenvalue weighted by Gasteiger charge is 3.01. The molecule has 2 spiro atoms. The second-order valence-electron chi connectivity index (χ2n) is 17.2. The molecule has 9 aliphatic rings. The number of hydrogen-bond acceptors (Lipinski definition) is 14. The van der Waals surface area contributed by atoms with E-state index in [1.165, 1.54) is 7.11 Å². The summed E-state index contributed by atoms with van der Waals surface area (Å²) in [4.78, 5) is 55.7. The number of ether oxygens (including phenoxy) is 8. The molecule has 2 N–H and O–H groups in total. The lowest BCUT2D eigenvalue weighted by atomic mass is 9.47. The summed E-state index contributed by atoms with van der Waals surface area (Å²) >= 11 is 0. The van der Waals surface area contributed by atoms with Gasteiger partial charge in [0.15, 0.2) is 24.1 Å². The van der Waals surface area contributed by atoms with Crippen LogP contribution < -0.4 is 0 Å². The summed E-state index contributed by atoms with van der Waals surface area (Å²) in [6.07, 6.45) is -3.84. The number of hydrogen-bond donors (Lipinski definition) is 2. The van der Waals surface area contributed by atoms with Crippen LogP contribution in [0.2, 0.25) is 0 Å². The van der Waals surface area contributed by atoms with Crippen molar-refractivity contribution >= 4 is 23.6 Å². The third-order valence-electron chi connectivity index (χ3n) is 14.4. The maximum absolute atomic E-state index is 13.7. The van der Waals surface area contributed by atoms with Crippen LogP contribution in [0, 0.1) is 17.3 Å². The number of carbonyl (C=O) groups is 4. The van der Waals surface area contributed by atoms with Crippen molar-refractivity contribution in [1.82, 2.24) is 9.80 Å². The van der Waals surface area contributed by atoms with Crippen molar-refractivity contribution < 1.29 is 67.3 Å². The Morgan fingerprint density at radius 2 is 1.70 bits per heavy atom. The van der Waals surface area contributed by atoms with E-state index >= 15 is 0 Å². The lowest BCUT2D eigenvalue weighted by molar-refractivity contribution is -0.234. The Balaban J connectivity index is 0.789. The van der Waals surface area contributed by atoms with Crippen LogP contribution in [0.25, 0.3) is 0 Å². The molecule has 3 aliphatic carbocycles. The Hall–Kier alpha value is -2.70. The van der Waals surface area contributed by atoms with E-state index in [4.69, 9.17) is 37.9 Å². The van der Waals surface area contributed by atoms with Crippen LogP contribution in [0.1, 0.15) is 59.8 Å². The molecule has 5 saturated heterocycles. The predicted molar refractivity (Wildman–Crippen MR) is 181 cm³/mol. The van der Waals surface area contributed by atoms with Crippen LogP contribution in [0.15, 0.2) is 11.3 Å². The van der Waals surface area contributed by atoms with Crippen LogP contribution in [0.5, 0.6) is 0 Å². The molecule has 0 aromatic carbocycles. The first-order valence-corrected chi connectivity index (χ1v) is 19.5. The number of ketones is 1. The lowest BCUT2D eigenvalue weighted by Gasteiger charge is -2.53. The highest BCUT2D eigenvalue weighted by Crippen LogP contribution is 2.83. The molecular formula is C38H52N2O14. The normalized spacial score (nSPS) is 46.7. The zero-order chi connectivity index (χ0) is 38.1. The molecule has 6 aliphatic heterocycles. The zero-order valence-corrected chi connectivity index (χ0v) is 31.5. The molecule has 0 aromatic heterocycles. The van der Waals surface area contributed by atoms with Gasteiger partial charge in [-0.05, 0) is 32.1 Å². The number of aliphatic hydroxyl groups excluding tert-OH is 2. The van der Waals surface area contributed by atoms with Gasteiger partial charge in [-0.3, -0.25) is 19.2 Å². The van der Waals surface area contributed by atoms with E-state index in [1.807, 2.05) is 0 Å². The molecular weight excluding hydrogens is 708 g/mol. The first-order chi connectivity index (χ1) is 25.7. The van der Waals surface area contributed by atoms with Gasteiger partial charge in [0.05, 0.1) is 25.2 Å². The van der Waals surface area contributed by atoms with Gasteiger partial charge in [-0.25, -0.2) is 0 Å². The number of epoxide rings is 3. The number of Topliss-reactive ketones (excluding diaryl/α,β-unsaturated/α-hetero) is 1. The number of nitrogens with zero attached hydrogens (tertiary/aromatic N) is 2. The molecule has 298 valence electrons. The average Bonchev–Trinajstić information content (AvgIpc) is 4.08. The number of esters is 1. The highest BCUT2D eigenvalue weighted by atomic mass is 16.8. The number of fused-ring (bicyclic) bond motifs is 4. The van der Waals surface area contributed by atoms with Crippen LogP contribution in [-0.4, -0.2) is 168 Å². The Bertz CT molecular complexity index is 1650. The monoisotopic (exact) mass is 760 g/mol. The van der Waals surface area contributed by atoms with Crippen molar-refractivity contribution in [3.8, 4) is 0 Å². The summed E-state index contributed by atoms with van der Waals surface area (Å²) in [5.41, 5.74) is -1.95. The van der Waals surface area contributed by atoms with Gasteiger partial charge in [-0.2, -0.15) is 0 Å². The van der Waals surface area contributed by atoms with E-state index < -0.39 is 64.8 Å². The summed E-state index contributed by atoms with van der Waals surface area (Å²) in [6, 6.07) is 0. The topological polar surface area (TPSA) is 199 Å². The maximum atomic E-state index is 13.7. The Kier molecular flexibility index (Phi) is 8.65. The molecule has 9 rings (SSSR count). The molecule has 1 unspecified atom stereocenters. The molecule has 7 fully saturated rings. The maximum Gasteiger partial charge on any atom is 0.306 e. The third kappa shape index (κ3) is 4.96. The molecule has 16 heteroatoms. The van der Waals surface area contributed by atoms with Gasteiger partial charge < -0.3 is 57.9 Å². The molecule has 2 saturated carbocycles. The SMILES string of the molecule is CO[C@H]1[C@H](O)[C@@H](O)[C@@H](C)O[C@@H]1COCC(=O)N1CCN(C(=O)CCC(=O)O[C@@H]2[C@@]3(C(C)C)O[C@H]3[C@@H]3O[C@]34[C@]23O[C@H]3CC2C3=C(CC[C@@]24C)C(=O)CO3)CC1. The van der Waals surface area contributed by atoms with Crippen LogP contribution in [0.4, 0.5) is 0 Å². The van der Waals surface area contributed by atoms with Crippen molar-refractivity contribution in [2.75, 3.05) is 53.1 Å². The predicted octanol–water partition coefficient (Wildman–Crippen LogP) is -0.354. The molecule has 0 radical (unpaired) electrons. The van der Waals surface area contributed by atoms with Gasteiger partial charge in [-0.1, -0.05) is 20.8 Å². The second kappa shape index (κ2) is 12.7. The summed E-state index contributed by atoms with van der Waals surface area (Å²) in [5.74, 6) is -0.102. The first kappa shape index (κ1) is 36.9. The van der Waals surface area contributed by atoms with E-state index in [-0.39, 0.29) is 80.4 Å². The van der Waals surface area contributed by atoms with Gasteiger partial charge in [0, 0.05) is 56.6 Å². The molecule has 6 heterocycles. The largest absolute Gasteiger partial charge is 0.489 e. The molecule has 16 nitrogen and oxygen atoms in total. The van der Waals surface area contributed by atoms with Gasteiger partial charge >= 0.3 is 5.97 Å². The standard InChI is InChI=1S/C38H52N2O14/c1-18(2)36-32(53-36)33-38(54-33)35(4)9-8-20-22(41)15-49-30(20)21(35)14-24-37(38,52-24)34(36)51-27(44)7-6-25(42)39-10-12-40(13-11-39)26(43)17-48-16-23-31(47-5)29(46)28(45)19(3)50-23/h18-19,21,23-24,28-29,31-34,45-46H,6-17H2,1-5H3/t19-,21?,23-,24+,28+,29-,31-,32+,33+,34-,35+,36+,37-,38-/m1/s1. The number of aliphatic hydroxyl groups is 2. The smallest absolute Gasteiger partial charge is 0.306 e. The number of allylic oxidation sites excluding steroid dienone is 1. The summed E-state index contributed by atoms with van der Waals surface area (Å²) < 4.78 is 48.9. The van der Waals surface area contributed by atoms with Crippen molar-refractivity contribution in [2.24, 2.45) is 17.3 Å². The fraction of sp³-hybridized carbons (Fsp3) is 0.842. The van der Waals surface area contributed by atoms with Crippen molar-refractivity contribution in [3.05, 3.63) is 11.3 Å². The molecule has 0 bridgehead atoms. The summed E-state index contributed by atoms with van der Waals surface area (Å²) in [7, 11) is 1.41. The van der Waals surface area contributed by atoms with Crippen molar-refractivity contribution in [3.63, 3.8) is 0 Å². The Morgan fingerprint density at radius 1 is 0.981 bits per heavy atom. The van der Waals surface area contributed by atoms with E-state index in [0.717, 1.165) is 17.8 Å². The quantitative estimate of drug-likeness (QED) is 0.216. The molecule has 2 amide bonds. The average molecular weight is 761 g/mol. The Morgan fingerprint density at radius 3 is 2.41 bits per heavy atom. The van der Waals surface area contributed by atoms with E-state index in [9.17, 15) is 29.4 Å². The minimum absolute atomic E-state index is 0.00257. The van der Waals surface area contributed by atoms with Crippen molar-refractivity contribution in [1.29, 1.82) is 0 Å². The molecule has 0 aromatic rings. The fourth-order valence-electron chi connectivity index (χ4n) is 11.4. The van der Waals surface area contributed by atoms with Gasteiger partial charge in [0.25, 0.3) is 0 Å². The van der Waals surface area contributed by atoms with Crippen molar-refractivity contribution in [2.45, 2.75) is 132 Å². The number of piperazine rings is 1. The zero-order valence-electron chi connectivity index (χ0n) is 31.5. The lowest BCUT2D eigenvalue weighted by Crippen LogP contribution is -2.70. The fourth-order valence-corrected chi connectivity index (χ4v) is 11.4. The number of amides is 2. The second-order valence-corrected chi connectivity index (χ2v) is 17.2. The van der Waals surface area contributed by atoms with E-state index in [0.29, 0.717) is 39.0 Å². The van der Waals surface area contributed by atoms with Gasteiger partial charge in [-0.15, -0.1) is 0 Å². The highest BCUT2D eigenvalue weighted by molar-refractivity contribution is 5.99. The van der Waals surface area contributed by atoms with Crippen LogP contribution >= 0.6 is 0 Å². The van der Waals surface area contributed by atoms with Gasteiger partial charge in [0.2, 0.25) is 11.8 Å². The number of carbonyl (C=O) groups excluding carboxylic acids is 4. The van der Waals surface area contributed by atoms with E-state index in [1.54, 1.807) is 16.7 Å². The number of rotatable bonds is 10. The van der Waals surface area contributed by atoms with Crippen LogP contribution in [-0.2, 0) is 57.1 Å².